The number of hydrogen-bond donors (Lipinski definition) is 1. The van der Waals surface area contributed by atoms with E-state index in [1.165, 1.54) is 6.07 Å². The van der Waals surface area contributed by atoms with Crippen LogP contribution in [0.4, 0.5) is 14.9 Å². The molecular formula is C18H25FN2O3. The Morgan fingerprint density at radius 1 is 1.29 bits per heavy atom. The van der Waals surface area contributed by atoms with Gasteiger partial charge in [-0.3, -0.25) is 0 Å². The minimum Gasteiger partial charge on any atom is -0.381 e. The highest BCUT2D eigenvalue weighted by Crippen LogP contribution is 2.33. The molecule has 132 valence electrons. The first-order valence-corrected chi connectivity index (χ1v) is 8.62. The van der Waals surface area contributed by atoms with Crippen molar-refractivity contribution in [1.29, 1.82) is 0 Å². The van der Waals surface area contributed by atoms with Crippen LogP contribution >= 0.6 is 0 Å². The van der Waals surface area contributed by atoms with Gasteiger partial charge in [0.25, 0.3) is 0 Å². The zero-order valence-electron chi connectivity index (χ0n) is 14.1. The van der Waals surface area contributed by atoms with Gasteiger partial charge in [-0.2, -0.15) is 0 Å². The van der Waals surface area contributed by atoms with Crippen LogP contribution in [0.2, 0.25) is 0 Å². The molecule has 1 aromatic carbocycles. The van der Waals surface area contributed by atoms with Crippen LogP contribution in [0.15, 0.2) is 18.2 Å². The van der Waals surface area contributed by atoms with Gasteiger partial charge in [0, 0.05) is 37.4 Å². The van der Waals surface area contributed by atoms with Gasteiger partial charge >= 0.3 is 6.03 Å². The van der Waals surface area contributed by atoms with E-state index < -0.39 is 0 Å². The Hall–Kier alpha value is -1.66. The van der Waals surface area contributed by atoms with Crippen molar-refractivity contribution in [3.63, 3.8) is 0 Å². The van der Waals surface area contributed by atoms with E-state index in [0.29, 0.717) is 57.2 Å². The monoisotopic (exact) mass is 336 g/mol. The lowest BCUT2D eigenvalue weighted by Gasteiger charge is -2.38. The summed E-state index contributed by atoms with van der Waals surface area (Å²) in [5.74, 6) is -0.282. The second-order valence-electron chi connectivity index (χ2n) is 6.68. The average Bonchev–Trinajstić information content (AvgIpc) is 2.78. The second-order valence-corrected chi connectivity index (χ2v) is 6.68. The summed E-state index contributed by atoms with van der Waals surface area (Å²) in [6.07, 6.45) is 2.43. The van der Waals surface area contributed by atoms with Gasteiger partial charge in [-0.1, -0.05) is 13.0 Å². The van der Waals surface area contributed by atoms with Crippen LogP contribution in [-0.4, -0.2) is 50.4 Å². The predicted molar refractivity (Wildman–Crippen MR) is 89.7 cm³/mol. The second kappa shape index (κ2) is 7.49. The number of ether oxygens (including phenoxy) is 2. The third kappa shape index (κ3) is 3.87. The Balaban J connectivity index is 1.68. The van der Waals surface area contributed by atoms with Crippen LogP contribution in [-0.2, 0) is 15.9 Å². The van der Waals surface area contributed by atoms with E-state index >= 15 is 0 Å². The highest BCUT2D eigenvalue weighted by Gasteiger charge is 2.37. The van der Waals surface area contributed by atoms with Crippen LogP contribution in [0.5, 0.6) is 0 Å². The van der Waals surface area contributed by atoms with E-state index in [1.54, 1.807) is 17.0 Å². The van der Waals surface area contributed by atoms with Crippen LogP contribution < -0.4 is 5.32 Å². The first kappa shape index (κ1) is 17.2. The maximum absolute atomic E-state index is 13.9. The molecular weight excluding hydrogens is 311 g/mol. The van der Waals surface area contributed by atoms with Crippen molar-refractivity contribution in [3.05, 3.63) is 29.6 Å². The largest absolute Gasteiger partial charge is 0.381 e. The number of carbonyl (C=O) groups excluding carboxylic acids is 1. The highest BCUT2D eigenvalue weighted by atomic mass is 19.1. The topological polar surface area (TPSA) is 50.8 Å². The fourth-order valence-corrected chi connectivity index (χ4v) is 3.39. The lowest BCUT2D eigenvalue weighted by molar-refractivity contribution is -0.0292. The summed E-state index contributed by atoms with van der Waals surface area (Å²) in [5, 5.41) is 2.81. The van der Waals surface area contributed by atoms with E-state index in [4.69, 9.17) is 9.47 Å². The normalized spacial score (nSPS) is 20.7. The number of amides is 2. The number of carbonyl (C=O) groups is 1. The summed E-state index contributed by atoms with van der Waals surface area (Å²) in [6.45, 7) is 5.72. The van der Waals surface area contributed by atoms with Gasteiger partial charge in [-0.05, 0) is 37.0 Å². The van der Waals surface area contributed by atoms with E-state index in [-0.39, 0.29) is 17.3 Å². The van der Waals surface area contributed by atoms with E-state index in [2.05, 4.69) is 5.32 Å². The van der Waals surface area contributed by atoms with E-state index in [1.807, 2.05) is 6.92 Å². The van der Waals surface area contributed by atoms with Crippen LogP contribution in [0.3, 0.4) is 0 Å². The van der Waals surface area contributed by atoms with Crippen molar-refractivity contribution in [2.75, 3.05) is 44.8 Å². The van der Waals surface area contributed by atoms with Crippen LogP contribution in [0.1, 0.15) is 25.3 Å². The molecule has 0 aromatic heterocycles. The highest BCUT2D eigenvalue weighted by molar-refractivity contribution is 5.89. The number of nitrogens with one attached hydrogen (secondary N) is 1. The van der Waals surface area contributed by atoms with Gasteiger partial charge in [-0.25, -0.2) is 9.18 Å². The van der Waals surface area contributed by atoms with E-state index in [9.17, 15) is 9.18 Å². The molecule has 24 heavy (non-hydrogen) atoms. The molecule has 1 N–H and O–H groups in total. The average molecular weight is 336 g/mol. The molecule has 2 aliphatic rings. The number of benzene rings is 1. The van der Waals surface area contributed by atoms with Gasteiger partial charge in [-0.15, -0.1) is 0 Å². The lowest BCUT2D eigenvalue weighted by Crippen LogP contribution is -2.46. The Bertz CT molecular complexity index is 588. The molecule has 0 saturated carbocycles. The molecule has 2 heterocycles. The molecule has 0 atom stereocenters. The molecule has 2 fully saturated rings. The molecule has 5 nitrogen and oxygen atoms in total. The summed E-state index contributed by atoms with van der Waals surface area (Å²) in [6, 6.07) is 4.65. The van der Waals surface area contributed by atoms with Gasteiger partial charge in [0.2, 0.25) is 0 Å². The summed E-state index contributed by atoms with van der Waals surface area (Å²) in [5.41, 5.74) is 1.11. The van der Waals surface area contributed by atoms with E-state index in [0.717, 1.165) is 12.8 Å². The lowest BCUT2D eigenvalue weighted by atomic mass is 9.80. The van der Waals surface area contributed by atoms with Crippen molar-refractivity contribution in [1.82, 2.24) is 4.90 Å². The Morgan fingerprint density at radius 3 is 2.79 bits per heavy atom. The summed E-state index contributed by atoms with van der Waals surface area (Å²) in [4.78, 5) is 14.4. The minimum absolute atomic E-state index is 0.0244. The molecule has 0 unspecified atom stereocenters. The minimum atomic E-state index is -0.282. The SMILES string of the molecule is CCc1ccc(NC(=O)N2CCOCC3(CCOCC3)C2)cc1F. The van der Waals surface area contributed by atoms with Crippen LogP contribution in [0, 0.1) is 11.2 Å². The Morgan fingerprint density at radius 2 is 2.08 bits per heavy atom. The summed E-state index contributed by atoms with van der Waals surface area (Å²) >= 11 is 0. The molecule has 6 heteroatoms. The number of anilines is 1. The van der Waals surface area contributed by atoms with Gasteiger partial charge in [0.05, 0.1) is 13.2 Å². The van der Waals surface area contributed by atoms with Gasteiger partial charge in [0.1, 0.15) is 5.82 Å². The molecule has 0 radical (unpaired) electrons. The van der Waals surface area contributed by atoms with Crippen molar-refractivity contribution in [2.45, 2.75) is 26.2 Å². The van der Waals surface area contributed by atoms with Crippen molar-refractivity contribution >= 4 is 11.7 Å². The predicted octanol–water partition coefficient (Wildman–Crippen LogP) is 3.05. The Kier molecular flexibility index (Phi) is 5.36. The summed E-state index contributed by atoms with van der Waals surface area (Å²) in [7, 11) is 0. The number of halogens is 1. The third-order valence-corrected chi connectivity index (χ3v) is 4.97. The molecule has 0 aliphatic carbocycles. The Labute approximate surface area is 142 Å². The zero-order chi connectivity index (χ0) is 17.0. The van der Waals surface area contributed by atoms with Crippen molar-refractivity contribution in [3.8, 4) is 0 Å². The maximum atomic E-state index is 13.9. The first-order chi connectivity index (χ1) is 11.6. The molecule has 1 spiro atoms. The number of rotatable bonds is 2. The zero-order valence-corrected chi connectivity index (χ0v) is 14.1. The number of nitrogens with zero attached hydrogens (tertiary/aromatic N) is 1. The summed E-state index contributed by atoms with van der Waals surface area (Å²) < 4.78 is 25.1. The maximum Gasteiger partial charge on any atom is 0.321 e. The molecule has 2 amide bonds. The number of hydrogen-bond acceptors (Lipinski definition) is 3. The molecule has 2 aliphatic heterocycles. The fourth-order valence-electron chi connectivity index (χ4n) is 3.39. The standard InChI is InChI=1S/C18H25FN2O3/c1-2-14-3-4-15(11-16(14)19)20-17(22)21-7-10-24-13-18(12-21)5-8-23-9-6-18/h3-4,11H,2,5-10,12-13H2,1H3,(H,20,22). The van der Waals surface area contributed by atoms with Gasteiger partial charge in [0.15, 0.2) is 0 Å². The third-order valence-electron chi connectivity index (χ3n) is 4.97. The molecule has 0 bridgehead atoms. The smallest absolute Gasteiger partial charge is 0.321 e. The van der Waals surface area contributed by atoms with Crippen molar-refractivity contribution in [2.24, 2.45) is 5.41 Å². The first-order valence-electron chi connectivity index (χ1n) is 8.62. The number of urea groups is 1. The quantitative estimate of drug-likeness (QED) is 0.903. The molecule has 2 saturated heterocycles. The van der Waals surface area contributed by atoms with Gasteiger partial charge < -0.3 is 19.7 Å². The molecule has 3 rings (SSSR count). The van der Waals surface area contributed by atoms with Crippen molar-refractivity contribution < 1.29 is 18.7 Å². The number of aryl methyl sites for hydroxylation is 1. The molecule has 1 aromatic rings. The van der Waals surface area contributed by atoms with Crippen LogP contribution in [0.25, 0.3) is 0 Å². The fraction of sp³-hybridized carbons (Fsp3) is 0.611.